The third kappa shape index (κ3) is 3.83. The normalized spacial score (nSPS) is 14.4. The number of aliphatic hydroxyl groups excluding tert-OH is 2. The lowest BCUT2D eigenvalue weighted by Crippen LogP contribution is -2.27. The van der Waals surface area contributed by atoms with Gasteiger partial charge in [-0.25, -0.2) is 0 Å². The first-order valence-corrected chi connectivity index (χ1v) is 5.52. The lowest BCUT2D eigenvalue weighted by atomic mass is 10.0. The first-order valence-electron chi connectivity index (χ1n) is 5.52. The van der Waals surface area contributed by atoms with E-state index in [9.17, 15) is 15.0 Å². The summed E-state index contributed by atoms with van der Waals surface area (Å²) in [6, 6.07) is 0. The van der Waals surface area contributed by atoms with Gasteiger partial charge in [-0.3, -0.25) is 9.48 Å². The van der Waals surface area contributed by atoms with Crippen LogP contribution in [0, 0.1) is 6.92 Å². The molecule has 0 radical (unpaired) electrons. The molecule has 0 aliphatic rings. The fraction of sp³-hybridized carbons (Fsp3) is 0.636. The Labute approximate surface area is 100 Å². The molecule has 0 spiro atoms. The predicted octanol–water partition coefficient (Wildman–Crippen LogP) is -0.351. The maximum absolute atomic E-state index is 10.7. The van der Waals surface area contributed by atoms with E-state index in [1.807, 2.05) is 0 Å². The number of hydrogen-bond acceptors (Lipinski definition) is 4. The Morgan fingerprint density at radius 1 is 1.59 bits per heavy atom. The molecule has 0 aliphatic heterocycles. The van der Waals surface area contributed by atoms with E-state index in [4.69, 9.17) is 0 Å². The summed E-state index contributed by atoms with van der Waals surface area (Å²) in [5, 5.41) is 26.4. The number of carbonyl (C=O) groups excluding carboxylic acids is 1. The number of nitrogens with one attached hydrogen (secondary N) is 1. The van der Waals surface area contributed by atoms with Crippen LogP contribution in [0.3, 0.4) is 0 Å². The van der Waals surface area contributed by atoms with Crippen molar-refractivity contribution in [1.29, 1.82) is 0 Å². The molecule has 1 heterocycles. The minimum absolute atomic E-state index is 0.149. The third-order valence-electron chi connectivity index (χ3n) is 2.55. The summed E-state index contributed by atoms with van der Waals surface area (Å²) in [6.45, 7) is 3.53. The van der Waals surface area contributed by atoms with Crippen molar-refractivity contribution in [1.82, 2.24) is 15.1 Å². The van der Waals surface area contributed by atoms with Crippen molar-refractivity contribution in [3.8, 4) is 0 Å². The van der Waals surface area contributed by atoms with Gasteiger partial charge in [0, 0.05) is 32.3 Å². The molecule has 1 aromatic heterocycles. The highest BCUT2D eigenvalue weighted by Crippen LogP contribution is 2.21. The van der Waals surface area contributed by atoms with Gasteiger partial charge in [0.1, 0.15) is 6.10 Å². The zero-order valence-electron chi connectivity index (χ0n) is 10.3. The van der Waals surface area contributed by atoms with Crippen molar-refractivity contribution >= 4 is 5.91 Å². The molecule has 0 saturated carbocycles. The van der Waals surface area contributed by atoms with Crippen LogP contribution in [0.25, 0.3) is 0 Å². The van der Waals surface area contributed by atoms with E-state index in [2.05, 4.69) is 10.4 Å². The molecule has 96 valence electrons. The van der Waals surface area contributed by atoms with E-state index in [1.54, 1.807) is 24.9 Å². The molecule has 6 heteroatoms. The van der Waals surface area contributed by atoms with Crippen LogP contribution >= 0.6 is 0 Å². The van der Waals surface area contributed by atoms with E-state index in [0.717, 1.165) is 0 Å². The second kappa shape index (κ2) is 5.79. The molecule has 3 N–H and O–H groups in total. The first-order chi connectivity index (χ1) is 7.91. The highest BCUT2D eigenvalue weighted by atomic mass is 16.3. The minimum atomic E-state index is -0.975. The Morgan fingerprint density at radius 3 is 2.71 bits per heavy atom. The Kier molecular flexibility index (Phi) is 4.65. The van der Waals surface area contributed by atoms with Crippen LogP contribution in [0.15, 0.2) is 6.20 Å². The smallest absolute Gasteiger partial charge is 0.216 e. The second-order valence-corrected chi connectivity index (χ2v) is 4.13. The van der Waals surface area contributed by atoms with Crippen LogP contribution in [0.1, 0.15) is 30.7 Å². The second-order valence-electron chi connectivity index (χ2n) is 4.13. The van der Waals surface area contributed by atoms with Crippen LogP contribution in [-0.4, -0.2) is 38.5 Å². The molecule has 17 heavy (non-hydrogen) atoms. The Morgan fingerprint density at radius 2 is 2.24 bits per heavy atom. The van der Waals surface area contributed by atoms with Crippen molar-refractivity contribution < 1.29 is 15.0 Å². The van der Waals surface area contributed by atoms with Crippen molar-refractivity contribution in [2.24, 2.45) is 7.05 Å². The summed E-state index contributed by atoms with van der Waals surface area (Å²) in [5.74, 6) is -0.149. The van der Waals surface area contributed by atoms with Crippen molar-refractivity contribution in [2.45, 2.75) is 32.5 Å². The molecule has 1 aromatic rings. The summed E-state index contributed by atoms with van der Waals surface area (Å²) in [4.78, 5) is 10.7. The molecule has 0 aromatic carbocycles. The zero-order chi connectivity index (χ0) is 13.0. The summed E-state index contributed by atoms with van der Waals surface area (Å²) < 4.78 is 1.59. The molecular formula is C11H19N3O3. The fourth-order valence-corrected chi connectivity index (χ4v) is 1.67. The predicted molar refractivity (Wildman–Crippen MR) is 62.2 cm³/mol. The van der Waals surface area contributed by atoms with Gasteiger partial charge in [0.2, 0.25) is 5.91 Å². The number of nitrogens with zero attached hydrogens (tertiary/aromatic N) is 2. The quantitative estimate of drug-likeness (QED) is 0.657. The molecule has 0 fully saturated rings. The summed E-state index contributed by atoms with van der Waals surface area (Å²) in [6.07, 6.45) is 0.0960. The molecule has 0 bridgehead atoms. The van der Waals surface area contributed by atoms with Crippen LogP contribution in [0.4, 0.5) is 0 Å². The first kappa shape index (κ1) is 13.7. The number of hydrogen-bond donors (Lipinski definition) is 3. The Balaban J connectivity index is 2.54. The molecule has 0 aliphatic carbocycles. The Bertz CT molecular complexity index is 389. The number of aliphatic hydroxyl groups is 2. The van der Waals surface area contributed by atoms with Crippen molar-refractivity contribution in [3.63, 3.8) is 0 Å². The van der Waals surface area contributed by atoms with Crippen LogP contribution in [0.5, 0.6) is 0 Å². The van der Waals surface area contributed by atoms with E-state index >= 15 is 0 Å². The number of carbonyl (C=O) groups is 1. The van der Waals surface area contributed by atoms with Gasteiger partial charge in [-0.05, 0) is 13.3 Å². The summed E-state index contributed by atoms with van der Waals surface area (Å²) in [7, 11) is 1.76. The van der Waals surface area contributed by atoms with Crippen molar-refractivity contribution in [2.75, 3.05) is 6.54 Å². The maximum Gasteiger partial charge on any atom is 0.216 e. The lowest BCUT2D eigenvalue weighted by Gasteiger charge is -2.17. The van der Waals surface area contributed by atoms with Gasteiger partial charge in [0.25, 0.3) is 0 Å². The van der Waals surface area contributed by atoms with E-state index in [-0.39, 0.29) is 5.91 Å². The van der Waals surface area contributed by atoms with E-state index < -0.39 is 12.2 Å². The Hall–Kier alpha value is -1.40. The monoisotopic (exact) mass is 241 g/mol. The zero-order valence-corrected chi connectivity index (χ0v) is 10.3. The van der Waals surface area contributed by atoms with E-state index in [0.29, 0.717) is 24.2 Å². The van der Waals surface area contributed by atoms with Crippen molar-refractivity contribution in [3.05, 3.63) is 17.5 Å². The van der Waals surface area contributed by atoms with Gasteiger partial charge < -0.3 is 15.5 Å². The third-order valence-corrected chi connectivity index (χ3v) is 2.55. The summed E-state index contributed by atoms with van der Waals surface area (Å²) >= 11 is 0. The topological polar surface area (TPSA) is 87.4 Å². The molecular weight excluding hydrogens is 222 g/mol. The van der Waals surface area contributed by atoms with Crippen LogP contribution in [-0.2, 0) is 11.8 Å². The van der Waals surface area contributed by atoms with Crippen LogP contribution in [0.2, 0.25) is 0 Å². The van der Waals surface area contributed by atoms with Crippen LogP contribution < -0.4 is 5.32 Å². The molecule has 1 rings (SSSR count). The fourth-order valence-electron chi connectivity index (χ4n) is 1.67. The van der Waals surface area contributed by atoms with Gasteiger partial charge >= 0.3 is 0 Å². The molecule has 2 unspecified atom stereocenters. The van der Waals surface area contributed by atoms with E-state index in [1.165, 1.54) is 6.92 Å². The lowest BCUT2D eigenvalue weighted by molar-refractivity contribution is -0.119. The standard InChI is InChI=1S/C11H19N3O3/c1-7-9(6-14(3)13-7)11(17)10(16)4-5-12-8(2)15/h6,10-11,16-17H,4-5H2,1-3H3,(H,12,15). The van der Waals surface area contributed by atoms with Gasteiger partial charge in [-0.1, -0.05) is 0 Å². The maximum atomic E-state index is 10.7. The van der Waals surface area contributed by atoms with Gasteiger partial charge in [0.05, 0.1) is 11.8 Å². The average molecular weight is 241 g/mol. The minimum Gasteiger partial charge on any atom is -0.390 e. The molecule has 6 nitrogen and oxygen atoms in total. The molecule has 0 saturated heterocycles. The summed E-state index contributed by atoms with van der Waals surface area (Å²) in [5.41, 5.74) is 1.31. The number of aryl methyl sites for hydroxylation is 2. The number of amides is 1. The highest BCUT2D eigenvalue weighted by molar-refractivity contribution is 5.72. The van der Waals surface area contributed by atoms with Gasteiger partial charge in [-0.2, -0.15) is 5.10 Å². The highest BCUT2D eigenvalue weighted by Gasteiger charge is 2.21. The average Bonchev–Trinajstić information content (AvgIpc) is 2.56. The number of rotatable bonds is 5. The largest absolute Gasteiger partial charge is 0.390 e. The van der Waals surface area contributed by atoms with Gasteiger partial charge in [-0.15, -0.1) is 0 Å². The SMILES string of the molecule is CC(=O)NCCC(O)C(O)c1cn(C)nc1C. The number of aromatic nitrogens is 2. The molecule has 2 atom stereocenters. The van der Waals surface area contributed by atoms with Gasteiger partial charge in [0.15, 0.2) is 0 Å². The molecule has 1 amide bonds.